The SMILES string of the molecule is NC(=S)c1ccc(NCCc2cccs2)cn1. The Labute approximate surface area is 110 Å². The van der Waals surface area contributed by atoms with E-state index in [-0.39, 0.29) is 0 Å². The molecule has 2 aromatic heterocycles. The molecule has 17 heavy (non-hydrogen) atoms. The molecular formula is C12H13N3S2. The molecule has 0 atom stereocenters. The first-order valence-electron chi connectivity index (χ1n) is 5.28. The third-order valence-electron chi connectivity index (χ3n) is 2.30. The second kappa shape index (κ2) is 5.75. The van der Waals surface area contributed by atoms with Crippen LogP contribution in [0, 0.1) is 0 Å². The number of thiocarbonyl (C=S) groups is 1. The zero-order valence-electron chi connectivity index (χ0n) is 9.22. The third kappa shape index (κ3) is 3.51. The van der Waals surface area contributed by atoms with Gasteiger partial charge in [-0.2, -0.15) is 0 Å². The van der Waals surface area contributed by atoms with E-state index >= 15 is 0 Å². The van der Waals surface area contributed by atoms with E-state index in [4.69, 9.17) is 18.0 Å². The highest BCUT2D eigenvalue weighted by atomic mass is 32.1. The zero-order chi connectivity index (χ0) is 12.1. The van der Waals surface area contributed by atoms with Gasteiger partial charge < -0.3 is 11.1 Å². The fraction of sp³-hybridized carbons (Fsp3) is 0.167. The van der Waals surface area contributed by atoms with Crippen LogP contribution in [-0.4, -0.2) is 16.5 Å². The van der Waals surface area contributed by atoms with Crippen LogP contribution in [0.2, 0.25) is 0 Å². The summed E-state index contributed by atoms with van der Waals surface area (Å²) in [6.45, 7) is 0.897. The van der Waals surface area contributed by atoms with Gasteiger partial charge in [0.2, 0.25) is 0 Å². The van der Waals surface area contributed by atoms with Gasteiger partial charge in [0, 0.05) is 11.4 Å². The smallest absolute Gasteiger partial charge is 0.122 e. The molecule has 0 saturated heterocycles. The van der Waals surface area contributed by atoms with Crippen LogP contribution in [0.4, 0.5) is 5.69 Å². The molecule has 2 heterocycles. The van der Waals surface area contributed by atoms with Gasteiger partial charge in [-0.25, -0.2) is 0 Å². The van der Waals surface area contributed by atoms with Gasteiger partial charge in [0.25, 0.3) is 0 Å². The van der Waals surface area contributed by atoms with E-state index < -0.39 is 0 Å². The van der Waals surface area contributed by atoms with E-state index in [1.54, 1.807) is 17.5 Å². The lowest BCUT2D eigenvalue weighted by molar-refractivity contribution is 1.04. The Balaban J connectivity index is 1.85. The predicted octanol–water partition coefficient (Wildman–Crippen LogP) is 2.43. The van der Waals surface area contributed by atoms with Crippen molar-refractivity contribution in [2.24, 2.45) is 5.73 Å². The van der Waals surface area contributed by atoms with Gasteiger partial charge in [-0.05, 0) is 30.0 Å². The minimum Gasteiger partial charge on any atom is -0.388 e. The third-order valence-corrected chi connectivity index (χ3v) is 3.44. The van der Waals surface area contributed by atoms with Crippen LogP contribution >= 0.6 is 23.6 Å². The van der Waals surface area contributed by atoms with Crippen molar-refractivity contribution in [3.05, 3.63) is 46.4 Å². The monoisotopic (exact) mass is 263 g/mol. The average Bonchev–Trinajstić information content (AvgIpc) is 2.83. The predicted molar refractivity (Wildman–Crippen MR) is 76.6 cm³/mol. The summed E-state index contributed by atoms with van der Waals surface area (Å²) in [5.41, 5.74) is 7.12. The molecule has 0 radical (unpaired) electrons. The first-order chi connectivity index (χ1) is 8.25. The lowest BCUT2D eigenvalue weighted by atomic mass is 10.3. The summed E-state index contributed by atoms with van der Waals surface area (Å²) in [6, 6.07) is 7.98. The molecule has 0 saturated carbocycles. The molecule has 88 valence electrons. The van der Waals surface area contributed by atoms with Gasteiger partial charge in [0.15, 0.2) is 0 Å². The Kier molecular flexibility index (Phi) is 4.06. The fourth-order valence-electron chi connectivity index (χ4n) is 1.43. The maximum Gasteiger partial charge on any atom is 0.122 e. The molecule has 0 amide bonds. The van der Waals surface area contributed by atoms with Crippen molar-refractivity contribution in [3.8, 4) is 0 Å². The molecule has 0 aromatic carbocycles. The summed E-state index contributed by atoms with van der Waals surface area (Å²) < 4.78 is 0. The van der Waals surface area contributed by atoms with Crippen LogP contribution < -0.4 is 11.1 Å². The average molecular weight is 263 g/mol. The maximum atomic E-state index is 5.48. The topological polar surface area (TPSA) is 50.9 Å². The van der Waals surface area contributed by atoms with Crippen LogP contribution in [0.25, 0.3) is 0 Å². The van der Waals surface area contributed by atoms with E-state index in [1.165, 1.54) is 4.88 Å². The number of hydrogen-bond acceptors (Lipinski definition) is 4. The summed E-state index contributed by atoms with van der Waals surface area (Å²) in [4.78, 5) is 5.88. The number of aromatic nitrogens is 1. The summed E-state index contributed by atoms with van der Waals surface area (Å²) in [5, 5.41) is 5.40. The van der Waals surface area contributed by atoms with Gasteiger partial charge in [-0.15, -0.1) is 11.3 Å². The van der Waals surface area contributed by atoms with E-state index in [1.807, 2.05) is 12.1 Å². The van der Waals surface area contributed by atoms with E-state index in [0.717, 1.165) is 18.7 Å². The molecule has 0 fully saturated rings. The highest BCUT2D eigenvalue weighted by Gasteiger charge is 1.98. The van der Waals surface area contributed by atoms with Crippen molar-refractivity contribution >= 4 is 34.2 Å². The van der Waals surface area contributed by atoms with Crippen molar-refractivity contribution in [1.82, 2.24) is 4.98 Å². The van der Waals surface area contributed by atoms with Crippen LogP contribution in [0.1, 0.15) is 10.6 Å². The minimum absolute atomic E-state index is 0.329. The molecule has 0 aliphatic rings. The zero-order valence-corrected chi connectivity index (χ0v) is 10.9. The van der Waals surface area contributed by atoms with E-state index in [0.29, 0.717) is 10.7 Å². The standard InChI is InChI=1S/C12H13N3S2/c13-12(16)11-4-3-9(8-15-11)14-6-5-10-2-1-7-17-10/h1-4,7-8,14H,5-6H2,(H2,13,16). The van der Waals surface area contributed by atoms with Crippen molar-refractivity contribution < 1.29 is 0 Å². The minimum atomic E-state index is 0.329. The first kappa shape index (κ1) is 12.0. The fourth-order valence-corrected chi connectivity index (χ4v) is 2.26. The van der Waals surface area contributed by atoms with E-state index in [2.05, 4.69) is 27.8 Å². The normalized spacial score (nSPS) is 10.1. The van der Waals surface area contributed by atoms with Crippen LogP contribution in [0.15, 0.2) is 35.8 Å². The molecule has 0 aliphatic heterocycles. The number of pyridine rings is 1. The van der Waals surface area contributed by atoms with Gasteiger partial charge in [0.1, 0.15) is 4.99 Å². The molecule has 0 aliphatic carbocycles. The maximum absolute atomic E-state index is 5.48. The summed E-state index contributed by atoms with van der Waals surface area (Å²) in [5.74, 6) is 0. The summed E-state index contributed by atoms with van der Waals surface area (Å²) >= 11 is 6.62. The van der Waals surface area contributed by atoms with Gasteiger partial charge in [0.05, 0.1) is 17.6 Å². The Bertz CT molecular complexity index is 477. The Morgan fingerprint density at radius 2 is 2.29 bits per heavy atom. The Morgan fingerprint density at radius 3 is 2.88 bits per heavy atom. The summed E-state index contributed by atoms with van der Waals surface area (Å²) in [6.07, 6.45) is 2.78. The number of nitrogens with two attached hydrogens (primary N) is 1. The number of anilines is 1. The molecule has 2 aromatic rings. The highest BCUT2D eigenvalue weighted by Crippen LogP contribution is 2.10. The van der Waals surface area contributed by atoms with Gasteiger partial charge >= 0.3 is 0 Å². The van der Waals surface area contributed by atoms with Crippen LogP contribution in [0.5, 0.6) is 0 Å². The number of nitrogens with zero attached hydrogens (tertiary/aromatic N) is 1. The first-order valence-corrected chi connectivity index (χ1v) is 6.56. The molecule has 5 heteroatoms. The van der Waals surface area contributed by atoms with Crippen LogP contribution in [-0.2, 0) is 6.42 Å². The summed E-state index contributed by atoms with van der Waals surface area (Å²) in [7, 11) is 0. The quantitative estimate of drug-likeness (QED) is 0.814. The number of thiophene rings is 1. The lowest BCUT2D eigenvalue weighted by Gasteiger charge is -2.05. The number of hydrogen-bond donors (Lipinski definition) is 2. The largest absolute Gasteiger partial charge is 0.388 e. The molecule has 0 unspecified atom stereocenters. The van der Waals surface area contributed by atoms with E-state index in [9.17, 15) is 0 Å². The highest BCUT2D eigenvalue weighted by molar-refractivity contribution is 7.80. The van der Waals surface area contributed by atoms with Gasteiger partial charge in [-0.3, -0.25) is 4.98 Å². The number of rotatable bonds is 5. The molecule has 3 nitrogen and oxygen atoms in total. The van der Waals surface area contributed by atoms with Gasteiger partial charge in [-0.1, -0.05) is 18.3 Å². The van der Waals surface area contributed by atoms with Crippen molar-refractivity contribution in [3.63, 3.8) is 0 Å². The van der Waals surface area contributed by atoms with Crippen molar-refractivity contribution in [2.45, 2.75) is 6.42 Å². The molecule has 0 bridgehead atoms. The lowest BCUT2D eigenvalue weighted by Crippen LogP contribution is -2.11. The molecule has 0 spiro atoms. The van der Waals surface area contributed by atoms with Crippen molar-refractivity contribution in [2.75, 3.05) is 11.9 Å². The molecular weight excluding hydrogens is 250 g/mol. The Morgan fingerprint density at radius 1 is 1.41 bits per heavy atom. The van der Waals surface area contributed by atoms with Crippen molar-refractivity contribution in [1.29, 1.82) is 0 Å². The molecule has 3 N–H and O–H groups in total. The van der Waals surface area contributed by atoms with Crippen LogP contribution in [0.3, 0.4) is 0 Å². The second-order valence-corrected chi connectivity index (χ2v) is 5.02. The second-order valence-electron chi connectivity index (χ2n) is 3.55. The molecule has 2 rings (SSSR count). The number of nitrogens with one attached hydrogen (secondary N) is 1. The Hall–Kier alpha value is -1.46.